The van der Waals surface area contributed by atoms with Crippen LogP contribution in [0.25, 0.3) is 0 Å². The summed E-state index contributed by atoms with van der Waals surface area (Å²) in [6, 6.07) is 9.95. The number of hydrogen-bond donors (Lipinski definition) is 0. The van der Waals surface area contributed by atoms with Gasteiger partial charge in [0.1, 0.15) is 12.2 Å². The second-order valence-electron chi connectivity index (χ2n) is 5.16. The molecule has 6 nitrogen and oxygen atoms in total. The van der Waals surface area contributed by atoms with E-state index in [0.29, 0.717) is 26.4 Å². The van der Waals surface area contributed by atoms with Crippen LogP contribution >= 0.6 is 0 Å². The molecule has 2 atom stereocenters. The highest BCUT2D eigenvalue weighted by molar-refractivity contribution is 7.85. The lowest BCUT2D eigenvalue weighted by Gasteiger charge is -2.15. The smallest absolute Gasteiger partial charge is 0.264 e. The third kappa shape index (κ3) is 7.33. The zero-order chi connectivity index (χ0) is 15.8. The Morgan fingerprint density at radius 2 is 2.00 bits per heavy atom. The van der Waals surface area contributed by atoms with Gasteiger partial charge >= 0.3 is 0 Å². The molecule has 0 radical (unpaired) electrons. The summed E-state index contributed by atoms with van der Waals surface area (Å²) < 4.78 is 43.1. The van der Waals surface area contributed by atoms with Crippen molar-refractivity contribution in [3.05, 3.63) is 35.9 Å². The van der Waals surface area contributed by atoms with Crippen LogP contribution in [0.3, 0.4) is 0 Å². The van der Waals surface area contributed by atoms with E-state index in [4.69, 9.17) is 18.4 Å². The van der Waals surface area contributed by atoms with Crippen molar-refractivity contribution in [2.45, 2.75) is 25.2 Å². The zero-order valence-corrected chi connectivity index (χ0v) is 13.5. The number of rotatable bonds is 11. The average Bonchev–Trinajstić information content (AvgIpc) is 3.30. The minimum absolute atomic E-state index is 0.00558. The molecule has 1 saturated heterocycles. The van der Waals surface area contributed by atoms with Gasteiger partial charge in [0, 0.05) is 13.2 Å². The van der Waals surface area contributed by atoms with Gasteiger partial charge in [-0.2, -0.15) is 8.42 Å². The van der Waals surface area contributed by atoms with E-state index in [-0.39, 0.29) is 18.8 Å². The molecule has 1 aliphatic heterocycles. The maximum atomic E-state index is 11.0. The largest absolute Gasteiger partial charge is 0.377 e. The first-order chi connectivity index (χ1) is 10.5. The van der Waals surface area contributed by atoms with Gasteiger partial charge in [-0.15, -0.1) is 0 Å². The number of benzene rings is 1. The van der Waals surface area contributed by atoms with Gasteiger partial charge in [0.15, 0.2) is 0 Å². The van der Waals surface area contributed by atoms with Crippen molar-refractivity contribution < 1.29 is 26.8 Å². The second-order valence-corrected chi connectivity index (χ2v) is 6.81. The van der Waals surface area contributed by atoms with Crippen molar-refractivity contribution >= 4 is 10.1 Å². The van der Waals surface area contributed by atoms with Gasteiger partial charge < -0.3 is 14.2 Å². The van der Waals surface area contributed by atoms with Crippen molar-refractivity contribution in [1.29, 1.82) is 0 Å². The van der Waals surface area contributed by atoms with Crippen LogP contribution in [-0.2, 0) is 35.1 Å². The van der Waals surface area contributed by atoms with Crippen LogP contribution < -0.4 is 0 Å². The molecule has 1 aromatic rings. The molecule has 0 saturated carbocycles. The Balaban J connectivity index is 1.56. The Hall–Kier alpha value is -0.990. The number of hydrogen-bond acceptors (Lipinski definition) is 6. The Morgan fingerprint density at radius 3 is 2.64 bits per heavy atom. The molecule has 0 aromatic heterocycles. The van der Waals surface area contributed by atoms with Gasteiger partial charge in [0.25, 0.3) is 10.1 Å². The molecule has 0 aliphatic carbocycles. The first-order valence-electron chi connectivity index (χ1n) is 7.24. The molecule has 2 rings (SSSR count). The Bertz CT molecular complexity index is 526. The van der Waals surface area contributed by atoms with Gasteiger partial charge in [-0.3, -0.25) is 4.18 Å². The molecule has 0 bridgehead atoms. The third-order valence-electron chi connectivity index (χ3n) is 3.10. The van der Waals surface area contributed by atoms with E-state index in [1.165, 1.54) is 0 Å². The van der Waals surface area contributed by atoms with Crippen LogP contribution in [-0.4, -0.2) is 53.3 Å². The van der Waals surface area contributed by atoms with E-state index >= 15 is 0 Å². The highest BCUT2D eigenvalue weighted by atomic mass is 32.2. The summed E-state index contributed by atoms with van der Waals surface area (Å²) >= 11 is 0. The Labute approximate surface area is 131 Å². The summed E-state index contributed by atoms with van der Waals surface area (Å²) in [5.74, 6) is 0. The SMILES string of the molecule is CS(=O)(=O)OC[C@H](OCCCOCc1ccccc1)[C@@H]1CO1. The van der Waals surface area contributed by atoms with E-state index < -0.39 is 10.1 Å². The molecule has 1 aromatic carbocycles. The first-order valence-corrected chi connectivity index (χ1v) is 9.05. The van der Waals surface area contributed by atoms with E-state index in [0.717, 1.165) is 18.2 Å². The lowest BCUT2D eigenvalue weighted by molar-refractivity contribution is -0.00647. The van der Waals surface area contributed by atoms with Crippen molar-refractivity contribution in [3.63, 3.8) is 0 Å². The predicted molar refractivity (Wildman–Crippen MR) is 81.0 cm³/mol. The highest BCUT2D eigenvalue weighted by Gasteiger charge is 2.34. The molecule has 1 fully saturated rings. The van der Waals surface area contributed by atoms with Crippen molar-refractivity contribution in [2.24, 2.45) is 0 Å². The predicted octanol–water partition coefficient (Wildman–Crippen LogP) is 1.35. The Morgan fingerprint density at radius 1 is 1.27 bits per heavy atom. The van der Waals surface area contributed by atoms with Gasteiger partial charge in [0.05, 0.1) is 26.1 Å². The van der Waals surface area contributed by atoms with Gasteiger partial charge in [-0.05, 0) is 12.0 Å². The quantitative estimate of drug-likeness (QED) is 0.346. The second kappa shape index (κ2) is 8.59. The average molecular weight is 330 g/mol. The summed E-state index contributed by atoms with van der Waals surface area (Å²) in [5, 5.41) is 0. The monoisotopic (exact) mass is 330 g/mol. The van der Waals surface area contributed by atoms with Gasteiger partial charge in [-0.1, -0.05) is 30.3 Å². The molecule has 1 aliphatic rings. The molecule has 7 heteroatoms. The summed E-state index contributed by atoms with van der Waals surface area (Å²) in [4.78, 5) is 0. The van der Waals surface area contributed by atoms with Crippen molar-refractivity contribution in [2.75, 3.05) is 32.7 Å². The van der Waals surface area contributed by atoms with Crippen LogP contribution in [0.15, 0.2) is 30.3 Å². The minimum atomic E-state index is -3.46. The summed E-state index contributed by atoms with van der Waals surface area (Å²) in [6.45, 7) is 2.22. The van der Waals surface area contributed by atoms with Crippen LogP contribution in [0, 0.1) is 0 Å². The Kier molecular flexibility index (Phi) is 6.78. The van der Waals surface area contributed by atoms with E-state index in [1.807, 2.05) is 30.3 Å². The molecular weight excluding hydrogens is 308 g/mol. The molecule has 1 heterocycles. The molecule has 0 amide bonds. The van der Waals surface area contributed by atoms with E-state index in [9.17, 15) is 8.42 Å². The molecule has 22 heavy (non-hydrogen) atoms. The fourth-order valence-electron chi connectivity index (χ4n) is 1.88. The number of epoxide rings is 1. The fraction of sp³-hybridized carbons (Fsp3) is 0.600. The fourth-order valence-corrected chi connectivity index (χ4v) is 2.26. The lowest BCUT2D eigenvalue weighted by atomic mass is 10.2. The highest BCUT2D eigenvalue weighted by Crippen LogP contribution is 2.18. The molecule has 0 N–H and O–H groups in total. The van der Waals surface area contributed by atoms with Crippen molar-refractivity contribution in [3.8, 4) is 0 Å². The molecule has 124 valence electrons. The first kappa shape index (κ1) is 17.4. The van der Waals surface area contributed by atoms with Crippen LogP contribution in [0.1, 0.15) is 12.0 Å². The maximum Gasteiger partial charge on any atom is 0.264 e. The standard InChI is InChI=1S/C15H22O6S/c1-22(16,17)21-12-15(14-11-20-14)19-9-5-8-18-10-13-6-3-2-4-7-13/h2-4,6-7,14-15H,5,8-12H2,1H3/t14-,15-/m0/s1. The van der Waals surface area contributed by atoms with E-state index in [1.54, 1.807) is 0 Å². The zero-order valence-electron chi connectivity index (χ0n) is 12.6. The van der Waals surface area contributed by atoms with E-state index in [2.05, 4.69) is 0 Å². The minimum Gasteiger partial charge on any atom is -0.377 e. The van der Waals surface area contributed by atoms with Crippen LogP contribution in [0.5, 0.6) is 0 Å². The lowest BCUT2D eigenvalue weighted by Crippen LogP contribution is -2.28. The molecule has 0 spiro atoms. The maximum absolute atomic E-state index is 11.0. The van der Waals surface area contributed by atoms with Gasteiger partial charge in [0.2, 0.25) is 0 Å². The summed E-state index contributed by atoms with van der Waals surface area (Å²) in [6.07, 6.45) is 1.35. The summed E-state index contributed by atoms with van der Waals surface area (Å²) in [5.41, 5.74) is 1.13. The topological polar surface area (TPSA) is 74.4 Å². The van der Waals surface area contributed by atoms with Crippen LogP contribution in [0.2, 0.25) is 0 Å². The molecular formula is C15H22O6S. The summed E-state index contributed by atoms with van der Waals surface area (Å²) in [7, 11) is -3.46. The molecule has 0 unspecified atom stereocenters. The van der Waals surface area contributed by atoms with Crippen molar-refractivity contribution in [1.82, 2.24) is 0 Å². The normalized spacial score (nSPS) is 19.0. The number of ether oxygens (including phenoxy) is 3. The third-order valence-corrected chi connectivity index (χ3v) is 3.66. The van der Waals surface area contributed by atoms with Crippen LogP contribution in [0.4, 0.5) is 0 Å². The van der Waals surface area contributed by atoms with Gasteiger partial charge in [-0.25, -0.2) is 0 Å².